The number of nitrogens with one attached hydrogen (secondary N) is 1. The molecule has 3 amide bonds. The van der Waals surface area contributed by atoms with Crippen LogP contribution in [0.5, 0.6) is 0 Å². The van der Waals surface area contributed by atoms with Crippen molar-refractivity contribution < 1.29 is 9.59 Å². The van der Waals surface area contributed by atoms with Gasteiger partial charge in [-0.3, -0.25) is 4.79 Å². The van der Waals surface area contributed by atoms with Gasteiger partial charge in [0.1, 0.15) is 0 Å². The number of urea groups is 1. The number of hydrogen-bond acceptors (Lipinski definition) is 5. The number of aryl methyl sites for hydroxylation is 1. The van der Waals surface area contributed by atoms with E-state index in [0.29, 0.717) is 32.6 Å². The van der Waals surface area contributed by atoms with E-state index in [-0.39, 0.29) is 11.9 Å². The molecule has 4 rings (SSSR count). The fourth-order valence-corrected chi connectivity index (χ4v) is 4.66. The van der Waals surface area contributed by atoms with E-state index < -0.39 is 0 Å². The molecular formula is C21H27N5O2S. The average Bonchev–Trinajstić information content (AvgIpc) is 3.35. The number of carbonyl (C=O) groups excluding carboxylic acids is 2. The lowest BCUT2D eigenvalue weighted by Crippen LogP contribution is -2.51. The van der Waals surface area contributed by atoms with Crippen molar-refractivity contribution in [2.24, 2.45) is 0 Å². The second kappa shape index (κ2) is 8.82. The molecule has 1 aromatic carbocycles. The molecule has 0 unspecified atom stereocenters. The number of aromatic nitrogens is 1. The van der Waals surface area contributed by atoms with Gasteiger partial charge in [0.2, 0.25) is 5.91 Å². The zero-order valence-electron chi connectivity index (χ0n) is 16.8. The largest absolute Gasteiger partial charge is 0.345 e. The van der Waals surface area contributed by atoms with Gasteiger partial charge in [-0.25, -0.2) is 9.78 Å². The minimum absolute atomic E-state index is 0.0277. The molecule has 0 spiro atoms. The van der Waals surface area contributed by atoms with Crippen LogP contribution >= 0.6 is 11.3 Å². The molecule has 0 bridgehead atoms. The van der Waals surface area contributed by atoms with Crippen molar-refractivity contribution in [1.29, 1.82) is 0 Å². The Kier molecular flexibility index (Phi) is 5.99. The quantitative estimate of drug-likeness (QED) is 0.818. The van der Waals surface area contributed by atoms with Crippen LogP contribution in [0.3, 0.4) is 0 Å². The Morgan fingerprint density at radius 3 is 2.66 bits per heavy atom. The number of thiazole rings is 1. The number of likely N-dealkylation sites (tertiary alicyclic amines) is 1. The molecule has 0 saturated carbocycles. The highest BCUT2D eigenvalue weighted by Gasteiger charge is 2.23. The first-order valence-electron chi connectivity index (χ1n) is 10.1. The maximum absolute atomic E-state index is 12.6. The summed E-state index contributed by atoms with van der Waals surface area (Å²) in [5.41, 5.74) is 3.21. The van der Waals surface area contributed by atoms with Gasteiger partial charge < -0.3 is 20.0 Å². The third-order valence-electron chi connectivity index (χ3n) is 5.42. The summed E-state index contributed by atoms with van der Waals surface area (Å²) < 4.78 is 0. The van der Waals surface area contributed by atoms with Gasteiger partial charge in [-0.1, -0.05) is 24.3 Å². The van der Waals surface area contributed by atoms with Crippen LogP contribution < -0.4 is 10.2 Å². The first kappa shape index (κ1) is 19.7. The van der Waals surface area contributed by atoms with Gasteiger partial charge in [0.15, 0.2) is 5.13 Å². The van der Waals surface area contributed by atoms with Crippen LogP contribution in [0.1, 0.15) is 29.7 Å². The fraction of sp³-hybridized carbons (Fsp3) is 0.476. The highest BCUT2D eigenvalue weighted by atomic mass is 32.1. The molecule has 2 aromatic rings. The van der Waals surface area contributed by atoms with Crippen molar-refractivity contribution in [2.45, 2.75) is 32.9 Å². The van der Waals surface area contributed by atoms with E-state index in [1.807, 2.05) is 34.9 Å². The maximum atomic E-state index is 12.6. The number of hydrogen-bond donors (Lipinski definition) is 1. The van der Waals surface area contributed by atoms with Gasteiger partial charge in [0.25, 0.3) is 0 Å². The van der Waals surface area contributed by atoms with Crippen molar-refractivity contribution in [3.8, 4) is 0 Å². The molecule has 1 N–H and O–H groups in total. The molecule has 7 nitrogen and oxygen atoms in total. The number of nitrogens with zero attached hydrogens (tertiary/aromatic N) is 4. The molecule has 2 saturated heterocycles. The van der Waals surface area contributed by atoms with Crippen LogP contribution in [0.2, 0.25) is 0 Å². The zero-order valence-corrected chi connectivity index (χ0v) is 17.6. The standard InChI is InChI=1S/C21H27N5O2S/c1-16-15-29-21(23-16)25-10-8-24(9-11-25)20(28)22-13-17-4-2-5-18(12-17)14-26-7-3-6-19(26)27/h2,4-5,12,15H,3,6-11,13-14H2,1H3,(H,22,28). The van der Waals surface area contributed by atoms with E-state index in [2.05, 4.69) is 26.6 Å². The number of piperazine rings is 1. The van der Waals surface area contributed by atoms with Crippen LogP contribution in [0.25, 0.3) is 0 Å². The molecule has 2 aliphatic heterocycles. The lowest BCUT2D eigenvalue weighted by molar-refractivity contribution is -0.128. The van der Waals surface area contributed by atoms with E-state index in [9.17, 15) is 9.59 Å². The van der Waals surface area contributed by atoms with Crippen molar-refractivity contribution in [3.05, 3.63) is 46.5 Å². The predicted molar refractivity (Wildman–Crippen MR) is 114 cm³/mol. The van der Waals surface area contributed by atoms with Crippen LogP contribution in [-0.2, 0) is 17.9 Å². The second-order valence-electron chi connectivity index (χ2n) is 7.64. The second-order valence-corrected chi connectivity index (χ2v) is 8.48. The zero-order chi connectivity index (χ0) is 20.2. The number of amides is 3. The molecule has 2 fully saturated rings. The Morgan fingerprint density at radius 2 is 1.97 bits per heavy atom. The minimum Gasteiger partial charge on any atom is -0.345 e. The number of carbonyl (C=O) groups is 2. The predicted octanol–water partition coefficient (Wildman–Crippen LogP) is 2.61. The van der Waals surface area contributed by atoms with Gasteiger partial charge in [0, 0.05) is 57.6 Å². The van der Waals surface area contributed by atoms with Crippen molar-refractivity contribution in [3.63, 3.8) is 0 Å². The summed E-state index contributed by atoms with van der Waals surface area (Å²) >= 11 is 1.66. The Hall–Kier alpha value is -2.61. The highest BCUT2D eigenvalue weighted by molar-refractivity contribution is 7.13. The number of benzene rings is 1. The molecule has 0 aliphatic carbocycles. The van der Waals surface area contributed by atoms with Crippen LogP contribution in [0, 0.1) is 6.92 Å². The topological polar surface area (TPSA) is 68.8 Å². The first-order chi connectivity index (χ1) is 14.1. The van der Waals surface area contributed by atoms with Gasteiger partial charge in [-0.05, 0) is 24.5 Å². The molecule has 29 heavy (non-hydrogen) atoms. The molecular weight excluding hydrogens is 386 g/mol. The van der Waals surface area contributed by atoms with Crippen molar-refractivity contribution in [2.75, 3.05) is 37.6 Å². The maximum Gasteiger partial charge on any atom is 0.317 e. The monoisotopic (exact) mass is 413 g/mol. The van der Waals surface area contributed by atoms with Crippen LogP contribution in [0.4, 0.5) is 9.93 Å². The van der Waals surface area contributed by atoms with Crippen LogP contribution in [0.15, 0.2) is 29.6 Å². The number of rotatable bonds is 5. The lowest BCUT2D eigenvalue weighted by Gasteiger charge is -2.34. The third-order valence-corrected chi connectivity index (χ3v) is 6.44. The first-order valence-corrected chi connectivity index (χ1v) is 11.0. The van der Waals surface area contributed by atoms with E-state index in [1.165, 1.54) is 0 Å². The smallest absolute Gasteiger partial charge is 0.317 e. The van der Waals surface area contributed by atoms with Crippen molar-refractivity contribution >= 4 is 28.4 Å². The Balaban J connectivity index is 1.25. The fourth-order valence-electron chi connectivity index (χ4n) is 3.81. The summed E-state index contributed by atoms with van der Waals surface area (Å²) in [5, 5.41) is 6.13. The molecule has 154 valence electrons. The molecule has 8 heteroatoms. The number of anilines is 1. The summed E-state index contributed by atoms with van der Waals surface area (Å²) in [6.07, 6.45) is 1.61. The summed E-state index contributed by atoms with van der Waals surface area (Å²) in [6.45, 7) is 6.99. The van der Waals surface area contributed by atoms with Gasteiger partial charge in [0.05, 0.1) is 5.69 Å². The lowest BCUT2D eigenvalue weighted by atomic mass is 10.1. The third kappa shape index (κ3) is 4.87. The van der Waals surface area contributed by atoms with Gasteiger partial charge in [-0.15, -0.1) is 11.3 Å². The summed E-state index contributed by atoms with van der Waals surface area (Å²) in [5.74, 6) is 0.232. The van der Waals surface area contributed by atoms with E-state index in [4.69, 9.17) is 0 Å². The SMILES string of the molecule is Cc1csc(N2CCN(C(=O)NCc3cccc(CN4CCCC4=O)c3)CC2)n1. The average molecular weight is 414 g/mol. The molecule has 0 atom stereocenters. The van der Waals surface area contributed by atoms with Gasteiger partial charge >= 0.3 is 6.03 Å². The minimum atomic E-state index is -0.0277. The Bertz CT molecular complexity index is 875. The highest BCUT2D eigenvalue weighted by Crippen LogP contribution is 2.21. The van der Waals surface area contributed by atoms with Crippen LogP contribution in [-0.4, -0.2) is 59.4 Å². The molecule has 2 aliphatic rings. The summed E-state index contributed by atoms with van der Waals surface area (Å²) in [7, 11) is 0. The van der Waals surface area contributed by atoms with Gasteiger partial charge in [-0.2, -0.15) is 0 Å². The molecule has 0 radical (unpaired) electrons. The van der Waals surface area contributed by atoms with Crippen molar-refractivity contribution in [1.82, 2.24) is 20.1 Å². The summed E-state index contributed by atoms with van der Waals surface area (Å²) in [6, 6.07) is 8.09. The summed E-state index contributed by atoms with van der Waals surface area (Å²) in [4.78, 5) is 34.9. The normalized spacial score (nSPS) is 17.1. The van der Waals surface area contributed by atoms with E-state index >= 15 is 0 Å². The molecule has 3 heterocycles. The Morgan fingerprint density at radius 1 is 1.17 bits per heavy atom. The molecule has 1 aromatic heterocycles. The Labute approximate surface area is 175 Å². The van der Waals surface area contributed by atoms with E-state index in [0.717, 1.165) is 48.0 Å². The van der Waals surface area contributed by atoms with E-state index in [1.54, 1.807) is 11.3 Å².